The van der Waals surface area contributed by atoms with Crippen molar-refractivity contribution in [1.82, 2.24) is 0 Å². The molecule has 20 heavy (non-hydrogen) atoms. The molecule has 0 atom stereocenters. The lowest BCUT2D eigenvalue weighted by Crippen LogP contribution is -2.07. The van der Waals surface area contributed by atoms with Crippen LogP contribution in [0.2, 0.25) is 0 Å². The summed E-state index contributed by atoms with van der Waals surface area (Å²) in [5.74, 6) is 1.29. The van der Waals surface area contributed by atoms with Crippen molar-refractivity contribution < 1.29 is 14.3 Å². The average Bonchev–Trinajstić information content (AvgIpc) is 2.47. The van der Waals surface area contributed by atoms with E-state index < -0.39 is 0 Å². The molecule has 2 aromatic carbocycles. The summed E-state index contributed by atoms with van der Waals surface area (Å²) in [5.41, 5.74) is 1.43. The van der Waals surface area contributed by atoms with Gasteiger partial charge in [0.2, 0.25) is 0 Å². The third kappa shape index (κ3) is 3.20. The second kappa shape index (κ2) is 6.57. The van der Waals surface area contributed by atoms with Crippen LogP contribution in [0, 0.1) is 0 Å². The molecule has 3 nitrogen and oxygen atoms in total. The van der Waals surface area contributed by atoms with Gasteiger partial charge in [-0.05, 0) is 24.3 Å². The van der Waals surface area contributed by atoms with E-state index in [1.807, 2.05) is 30.3 Å². The van der Waals surface area contributed by atoms with E-state index in [4.69, 9.17) is 9.47 Å². The number of methoxy groups -OCH3 is 2. The molecule has 0 N–H and O–H groups in total. The van der Waals surface area contributed by atoms with Crippen LogP contribution >= 0.6 is 15.9 Å². The Balaban J connectivity index is 2.30. The number of hydrogen-bond acceptors (Lipinski definition) is 3. The molecule has 0 bridgehead atoms. The summed E-state index contributed by atoms with van der Waals surface area (Å²) in [4.78, 5) is 12.5. The molecular formula is C16H15BrO3. The highest BCUT2D eigenvalue weighted by Gasteiger charge is 2.15. The Bertz CT molecular complexity index is 623. The SMILES string of the molecule is COc1ccccc1CC(=O)c1cc(Br)ccc1OC. The summed E-state index contributed by atoms with van der Waals surface area (Å²) in [6, 6.07) is 12.9. The highest BCUT2D eigenvalue weighted by molar-refractivity contribution is 9.10. The highest BCUT2D eigenvalue weighted by atomic mass is 79.9. The number of hydrogen-bond donors (Lipinski definition) is 0. The molecule has 4 heteroatoms. The molecule has 0 saturated heterocycles. The number of ether oxygens (including phenoxy) is 2. The van der Waals surface area contributed by atoms with Crippen LogP contribution in [0.4, 0.5) is 0 Å². The minimum absolute atomic E-state index is 0.00681. The lowest BCUT2D eigenvalue weighted by Gasteiger charge is -2.10. The standard InChI is InChI=1S/C16H15BrO3/c1-19-15-6-4-3-5-11(15)9-14(18)13-10-12(17)7-8-16(13)20-2/h3-8,10H,9H2,1-2H3. The van der Waals surface area contributed by atoms with Crippen LogP contribution in [0.5, 0.6) is 11.5 Å². The van der Waals surface area contributed by atoms with Gasteiger partial charge in [-0.15, -0.1) is 0 Å². The molecule has 0 fully saturated rings. The number of ketones is 1. The van der Waals surface area contributed by atoms with Crippen molar-refractivity contribution in [2.75, 3.05) is 14.2 Å². The molecule has 0 saturated carbocycles. The van der Waals surface area contributed by atoms with Gasteiger partial charge in [-0.25, -0.2) is 0 Å². The number of carbonyl (C=O) groups excluding carboxylic acids is 1. The van der Waals surface area contributed by atoms with Crippen molar-refractivity contribution in [3.05, 3.63) is 58.1 Å². The molecule has 2 rings (SSSR count). The lowest BCUT2D eigenvalue weighted by atomic mass is 10.0. The molecule has 0 unspecified atom stereocenters. The zero-order valence-electron chi connectivity index (χ0n) is 11.4. The molecule has 0 amide bonds. The molecule has 0 aromatic heterocycles. The quantitative estimate of drug-likeness (QED) is 0.778. The van der Waals surface area contributed by atoms with Crippen LogP contribution in [0.1, 0.15) is 15.9 Å². The Morgan fingerprint density at radius 1 is 1.05 bits per heavy atom. The van der Waals surface area contributed by atoms with Crippen LogP contribution in [0.15, 0.2) is 46.9 Å². The Morgan fingerprint density at radius 3 is 2.45 bits per heavy atom. The summed E-state index contributed by atoms with van der Waals surface area (Å²) in [7, 11) is 3.16. The molecule has 2 aromatic rings. The average molecular weight is 335 g/mol. The van der Waals surface area contributed by atoms with Gasteiger partial charge < -0.3 is 9.47 Å². The van der Waals surface area contributed by atoms with Crippen molar-refractivity contribution in [3.8, 4) is 11.5 Å². The van der Waals surface area contributed by atoms with Gasteiger partial charge in [0.1, 0.15) is 11.5 Å². The Morgan fingerprint density at radius 2 is 1.75 bits per heavy atom. The number of halogens is 1. The number of para-hydroxylation sites is 1. The van der Waals surface area contributed by atoms with Crippen molar-refractivity contribution >= 4 is 21.7 Å². The first-order valence-corrected chi connectivity index (χ1v) is 6.93. The lowest BCUT2D eigenvalue weighted by molar-refractivity contribution is 0.0989. The fourth-order valence-electron chi connectivity index (χ4n) is 2.02. The zero-order chi connectivity index (χ0) is 14.5. The van der Waals surface area contributed by atoms with Gasteiger partial charge in [-0.1, -0.05) is 34.1 Å². The Labute approximate surface area is 126 Å². The topological polar surface area (TPSA) is 35.5 Å². The van der Waals surface area contributed by atoms with E-state index in [1.165, 1.54) is 0 Å². The second-order valence-electron chi connectivity index (χ2n) is 4.26. The van der Waals surface area contributed by atoms with E-state index in [0.717, 1.165) is 15.8 Å². The van der Waals surface area contributed by atoms with Crippen molar-refractivity contribution in [2.45, 2.75) is 6.42 Å². The Hall–Kier alpha value is -1.81. The van der Waals surface area contributed by atoms with Gasteiger partial charge in [0.15, 0.2) is 5.78 Å². The third-order valence-corrected chi connectivity index (χ3v) is 3.50. The highest BCUT2D eigenvalue weighted by Crippen LogP contribution is 2.26. The van der Waals surface area contributed by atoms with Gasteiger partial charge in [0.25, 0.3) is 0 Å². The van der Waals surface area contributed by atoms with Gasteiger partial charge in [-0.3, -0.25) is 4.79 Å². The molecule has 0 aliphatic rings. The maximum absolute atomic E-state index is 12.5. The molecule has 0 spiro atoms. The van der Waals surface area contributed by atoms with Gasteiger partial charge >= 0.3 is 0 Å². The summed E-state index contributed by atoms with van der Waals surface area (Å²) >= 11 is 3.37. The molecule has 0 aliphatic carbocycles. The monoisotopic (exact) mass is 334 g/mol. The maximum atomic E-state index is 12.5. The van der Waals surface area contributed by atoms with Crippen molar-refractivity contribution in [3.63, 3.8) is 0 Å². The smallest absolute Gasteiger partial charge is 0.171 e. The van der Waals surface area contributed by atoms with Crippen LogP contribution < -0.4 is 9.47 Å². The van der Waals surface area contributed by atoms with Crippen LogP contribution in [0.25, 0.3) is 0 Å². The van der Waals surface area contributed by atoms with Gasteiger partial charge in [-0.2, -0.15) is 0 Å². The molecule has 104 valence electrons. The van der Waals surface area contributed by atoms with E-state index in [9.17, 15) is 4.79 Å². The van der Waals surface area contributed by atoms with E-state index in [-0.39, 0.29) is 12.2 Å². The van der Waals surface area contributed by atoms with Crippen molar-refractivity contribution in [2.24, 2.45) is 0 Å². The number of carbonyl (C=O) groups is 1. The van der Waals surface area contributed by atoms with E-state index in [1.54, 1.807) is 26.4 Å². The molecule has 0 aliphatic heterocycles. The number of Topliss-reactive ketones (excluding diaryl/α,β-unsaturated/α-hetero) is 1. The minimum atomic E-state index is -0.00681. The third-order valence-electron chi connectivity index (χ3n) is 3.01. The van der Waals surface area contributed by atoms with Crippen molar-refractivity contribution in [1.29, 1.82) is 0 Å². The molecular weight excluding hydrogens is 320 g/mol. The van der Waals surface area contributed by atoms with Crippen LogP contribution in [-0.4, -0.2) is 20.0 Å². The maximum Gasteiger partial charge on any atom is 0.171 e. The predicted molar refractivity (Wildman–Crippen MR) is 81.7 cm³/mol. The first-order valence-electron chi connectivity index (χ1n) is 6.14. The fourth-order valence-corrected chi connectivity index (χ4v) is 2.38. The van der Waals surface area contributed by atoms with Gasteiger partial charge in [0.05, 0.1) is 19.8 Å². The number of benzene rings is 2. The van der Waals surface area contributed by atoms with Gasteiger partial charge in [0, 0.05) is 16.5 Å². The molecule has 0 heterocycles. The summed E-state index contributed by atoms with van der Waals surface area (Å²) in [5, 5.41) is 0. The first kappa shape index (κ1) is 14.6. The fraction of sp³-hybridized carbons (Fsp3) is 0.188. The predicted octanol–water partition coefficient (Wildman–Crippen LogP) is 3.89. The van der Waals surface area contributed by atoms with E-state index in [2.05, 4.69) is 15.9 Å². The van der Waals surface area contributed by atoms with E-state index in [0.29, 0.717) is 11.3 Å². The largest absolute Gasteiger partial charge is 0.496 e. The van der Waals surface area contributed by atoms with E-state index >= 15 is 0 Å². The minimum Gasteiger partial charge on any atom is -0.496 e. The number of rotatable bonds is 5. The van der Waals surface area contributed by atoms with Crippen LogP contribution in [-0.2, 0) is 6.42 Å². The zero-order valence-corrected chi connectivity index (χ0v) is 12.9. The van der Waals surface area contributed by atoms with Crippen LogP contribution in [0.3, 0.4) is 0 Å². The summed E-state index contributed by atoms with van der Waals surface area (Å²) < 4.78 is 11.4. The normalized spacial score (nSPS) is 10.2. The summed E-state index contributed by atoms with van der Waals surface area (Å²) in [6.45, 7) is 0. The first-order chi connectivity index (χ1) is 9.65. The Kier molecular flexibility index (Phi) is 4.79. The summed E-state index contributed by atoms with van der Waals surface area (Å²) in [6.07, 6.45) is 0.275. The molecule has 0 radical (unpaired) electrons. The second-order valence-corrected chi connectivity index (χ2v) is 5.17.